The summed E-state index contributed by atoms with van der Waals surface area (Å²) in [7, 11) is 0. The van der Waals surface area contributed by atoms with E-state index in [4.69, 9.17) is 5.73 Å². The third kappa shape index (κ3) is 4.28. The molecule has 0 aliphatic heterocycles. The molecule has 0 saturated heterocycles. The van der Waals surface area contributed by atoms with E-state index in [1.54, 1.807) is 6.20 Å². The Morgan fingerprint density at radius 1 is 1.16 bits per heavy atom. The molecule has 1 aromatic carbocycles. The van der Waals surface area contributed by atoms with Crippen molar-refractivity contribution in [2.24, 2.45) is 11.7 Å². The highest BCUT2D eigenvalue weighted by Crippen LogP contribution is 2.37. The third-order valence-electron chi connectivity index (χ3n) is 5.51. The van der Waals surface area contributed by atoms with Crippen LogP contribution < -0.4 is 16.4 Å². The molecule has 0 unspecified atom stereocenters. The molecular weight excluding hydrogens is 404 g/mol. The molecule has 164 valence electrons. The Kier molecular flexibility index (Phi) is 5.71. The van der Waals surface area contributed by atoms with Gasteiger partial charge in [0.05, 0.1) is 6.20 Å². The number of amides is 1. The summed E-state index contributed by atoms with van der Waals surface area (Å²) in [6, 6.07) is 3.74. The van der Waals surface area contributed by atoms with Gasteiger partial charge < -0.3 is 16.4 Å². The lowest BCUT2D eigenvalue weighted by Crippen LogP contribution is -2.29. The molecule has 1 aliphatic carbocycles. The number of nitrogens with two attached hydrogens (primary N) is 1. The first-order chi connectivity index (χ1) is 14.8. The molecular formula is C21H25F2N7O. The SMILES string of the molecule is CC(C)Nc1ncc2nc(Nc3c(F)cccc3F)n([C@H]3CC[C@@H](C(N)=O)CC3)c2n1. The largest absolute Gasteiger partial charge is 0.369 e. The number of anilines is 3. The number of hydrogen-bond acceptors (Lipinski definition) is 6. The van der Waals surface area contributed by atoms with Gasteiger partial charge in [0, 0.05) is 18.0 Å². The third-order valence-corrected chi connectivity index (χ3v) is 5.51. The van der Waals surface area contributed by atoms with Crippen LogP contribution in [0.1, 0.15) is 45.6 Å². The molecule has 0 spiro atoms. The zero-order chi connectivity index (χ0) is 22.1. The summed E-state index contributed by atoms with van der Waals surface area (Å²) in [6.45, 7) is 3.95. The minimum Gasteiger partial charge on any atom is -0.369 e. The molecule has 10 heteroatoms. The van der Waals surface area contributed by atoms with Gasteiger partial charge in [-0.25, -0.2) is 18.7 Å². The van der Waals surface area contributed by atoms with Crippen molar-refractivity contribution in [2.45, 2.75) is 51.6 Å². The number of benzene rings is 1. The van der Waals surface area contributed by atoms with Crippen LogP contribution in [0.4, 0.5) is 26.4 Å². The van der Waals surface area contributed by atoms with Crippen molar-refractivity contribution in [2.75, 3.05) is 10.6 Å². The van der Waals surface area contributed by atoms with Gasteiger partial charge in [-0.3, -0.25) is 9.36 Å². The lowest BCUT2D eigenvalue weighted by molar-refractivity contribution is -0.122. The van der Waals surface area contributed by atoms with Crippen molar-refractivity contribution in [3.63, 3.8) is 0 Å². The quantitative estimate of drug-likeness (QED) is 0.548. The van der Waals surface area contributed by atoms with Gasteiger partial charge in [-0.15, -0.1) is 0 Å². The van der Waals surface area contributed by atoms with E-state index in [0.717, 1.165) is 0 Å². The maximum atomic E-state index is 14.3. The summed E-state index contributed by atoms with van der Waals surface area (Å²) < 4.78 is 30.4. The van der Waals surface area contributed by atoms with Gasteiger partial charge in [-0.1, -0.05) is 6.07 Å². The lowest BCUT2D eigenvalue weighted by Gasteiger charge is -2.29. The zero-order valence-electron chi connectivity index (χ0n) is 17.4. The molecule has 31 heavy (non-hydrogen) atoms. The van der Waals surface area contributed by atoms with E-state index in [9.17, 15) is 13.6 Å². The van der Waals surface area contributed by atoms with Crippen molar-refractivity contribution >= 4 is 34.7 Å². The second kappa shape index (κ2) is 8.44. The predicted molar refractivity (Wildman–Crippen MR) is 114 cm³/mol. The second-order valence-electron chi connectivity index (χ2n) is 8.14. The molecule has 3 aromatic rings. The number of fused-ring (bicyclic) bond motifs is 1. The summed E-state index contributed by atoms with van der Waals surface area (Å²) in [5.41, 5.74) is 6.25. The van der Waals surface area contributed by atoms with Gasteiger partial charge in [0.1, 0.15) is 22.8 Å². The molecule has 1 amide bonds. The summed E-state index contributed by atoms with van der Waals surface area (Å²) in [4.78, 5) is 25.0. The van der Waals surface area contributed by atoms with Gasteiger partial charge in [-0.2, -0.15) is 4.98 Å². The fourth-order valence-electron chi connectivity index (χ4n) is 4.00. The van der Waals surface area contributed by atoms with E-state index in [1.165, 1.54) is 18.2 Å². The average molecular weight is 429 g/mol. The Balaban J connectivity index is 1.77. The van der Waals surface area contributed by atoms with Crippen LogP contribution in [0.3, 0.4) is 0 Å². The van der Waals surface area contributed by atoms with Crippen LogP contribution in [0, 0.1) is 17.6 Å². The molecule has 2 aromatic heterocycles. The molecule has 0 atom stereocenters. The van der Waals surface area contributed by atoms with Gasteiger partial charge in [-0.05, 0) is 51.7 Å². The normalized spacial score (nSPS) is 19.0. The first kappa shape index (κ1) is 21.0. The van der Waals surface area contributed by atoms with E-state index in [1.807, 2.05) is 18.4 Å². The minimum absolute atomic E-state index is 0.0558. The molecule has 4 N–H and O–H groups in total. The van der Waals surface area contributed by atoms with Crippen molar-refractivity contribution in [1.29, 1.82) is 0 Å². The van der Waals surface area contributed by atoms with Crippen LogP contribution in [0.5, 0.6) is 0 Å². The number of nitrogens with zero attached hydrogens (tertiary/aromatic N) is 4. The van der Waals surface area contributed by atoms with Gasteiger partial charge in [0.25, 0.3) is 0 Å². The topological polar surface area (TPSA) is 111 Å². The second-order valence-corrected chi connectivity index (χ2v) is 8.14. The van der Waals surface area contributed by atoms with Crippen LogP contribution in [0.15, 0.2) is 24.4 Å². The van der Waals surface area contributed by atoms with E-state index in [-0.39, 0.29) is 35.5 Å². The Bertz CT molecular complexity index is 1090. The monoisotopic (exact) mass is 429 g/mol. The van der Waals surface area contributed by atoms with Gasteiger partial charge >= 0.3 is 0 Å². The van der Waals surface area contributed by atoms with Crippen LogP contribution in [0.2, 0.25) is 0 Å². The Morgan fingerprint density at radius 3 is 2.45 bits per heavy atom. The van der Waals surface area contributed by atoms with E-state index in [0.29, 0.717) is 42.8 Å². The number of imidazole rings is 1. The number of halogens is 2. The fourth-order valence-corrected chi connectivity index (χ4v) is 4.00. The highest BCUT2D eigenvalue weighted by Gasteiger charge is 2.29. The number of aromatic nitrogens is 4. The standard InChI is InChI=1S/C21H25F2N7O/c1-11(2)26-20-25-10-16-19(29-20)30(13-8-6-12(7-9-13)18(24)31)21(27-16)28-17-14(22)4-3-5-15(17)23/h3-5,10-13H,6-9H2,1-2H3,(H2,24,31)(H,27,28)(H,25,26,29)/t12-,13+. The Hall–Kier alpha value is -3.30. The number of primary amides is 1. The maximum absolute atomic E-state index is 14.3. The number of rotatable bonds is 6. The van der Waals surface area contributed by atoms with Crippen molar-refractivity contribution < 1.29 is 13.6 Å². The first-order valence-electron chi connectivity index (χ1n) is 10.4. The maximum Gasteiger partial charge on any atom is 0.224 e. The number of nitrogens with one attached hydrogen (secondary N) is 2. The summed E-state index contributed by atoms with van der Waals surface area (Å²) in [5, 5.41) is 5.97. The number of para-hydroxylation sites is 1. The Labute approximate surface area is 178 Å². The molecule has 1 saturated carbocycles. The van der Waals surface area contributed by atoms with Gasteiger partial charge in [0.15, 0.2) is 5.65 Å². The van der Waals surface area contributed by atoms with Crippen molar-refractivity contribution in [3.05, 3.63) is 36.0 Å². The van der Waals surface area contributed by atoms with E-state index < -0.39 is 11.6 Å². The highest BCUT2D eigenvalue weighted by molar-refractivity contribution is 5.78. The summed E-state index contributed by atoms with van der Waals surface area (Å²) in [5.74, 6) is -1.19. The molecule has 4 rings (SSSR count). The lowest BCUT2D eigenvalue weighted by atomic mass is 9.85. The first-order valence-corrected chi connectivity index (χ1v) is 10.4. The van der Waals surface area contributed by atoms with Crippen LogP contribution in [-0.2, 0) is 4.79 Å². The van der Waals surface area contributed by atoms with Crippen LogP contribution in [0.25, 0.3) is 11.2 Å². The van der Waals surface area contributed by atoms with Crippen LogP contribution >= 0.6 is 0 Å². The average Bonchev–Trinajstić information content (AvgIpc) is 3.07. The van der Waals surface area contributed by atoms with Crippen LogP contribution in [-0.4, -0.2) is 31.5 Å². The molecule has 0 bridgehead atoms. The molecule has 1 aliphatic rings. The van der Waals surface area contributed by atoms with E-state index >= 15 is 0 Å². The Morgan fingerprint density at radius 2 is 1.84 bits per heavy atom. The van der Waals surface area contributed by atoms with E-state index in [2.05, 4.69) is 25.6 Å². The van der Waals surface area contributed by atoms with Gasteiger partial charge in [0.2, 0.25) is 17.8 Å². The summed E-state index contributed by atoms with van der Waals surface area (Å²) >= 11 is 0. The smallest absolute Gasteiger partial charge is 0.224 e. The number of carbonyl (C=O) groups is 1. The van der Waals surface area contributed by atoms with Crippen molar-refractivity contribution in [3.8, 4) is 0 Å². The van der Waals surface area contributed by atoms with Crippen molar-refractivity contribution in [1.82, 2.24) is 19.5 Å². The molecule has 8 nitrogen and oxygen atoms in total. The molecule has 0 radical (unpaired) electrons. The zero-order valence-corrected chi connectivity index (χ0v) is 17.4. The number of carbonyl (C=O) groups excluding carboxylic acids is 1. The number of hydrogen-bond donors (Lipinski definition) is 3. The summed E-state index contributed by atoms with van der Waals surface area (Å²) in [6.07, 6.45) is 4.20. The minimum atomic E-state index is -0.718. The highest BCUT2D eigenvalue weighted by atomic mass is 19.1. The molecule has 2 heterocycles. The predicted octanol–water partition coefficient (Wildman–Crippen LogP) is 3.89. The molecule has 1 fully saturated rings. The fraction of sp³-hybridized carbons (Fsp3) is 0.429.